The maximum atomic E-state index is 5.34. The van der Waals surface area contributed by atoms with E-state index in [1.807, 2.05) is 0 Å². The van der Waals surface area contributed by atoms with Crippen molar-refractivity contribution in [2.24, 2.45) is 0 Å². The van der Waals surface area contributed by atoms with Gasteiger partial charge in [0.1, 0.15) is 5.75 Å². The summed E-state index contributed by atoms with van der Waals surface area (Å²) in [5, 5.41) is 3.39. The van der Waals surface area contributed by atoms with Crippen LogP contribution >= 0.6 is 24.2 Å². The molecule has 2 nitrogen and oxygen atoms in total. The molecule has 0 atom stereocenters. The van der Waals surface area contributed by atoms with Crippen LogP contribution < -0.4 is 10.1 Å². The number of hydrogen-bond acceptors (Lipinski definition) is 3. The molecular formula is C12H20ClNOS. The predicted octanol–water partition coefficient (Wildman–Crippen LogP) is 3.34. The number of nitrogens with one attached hydrogen (secondary N) is 1. The van der Waals surface area contributed by atoms with Gasteiger partial charge in [-0.2, -0.15) is 0 Å². The van der Waals surface area contributed by atoms with Crippen LogP contribution in [0.1, 0.15) is 19.4 Å². The smallest absolute Gasteiger partial charge is 0.132 e. The normalized spacial score (nSPS) is 10.1. The molecule has 1 aromatic carbocycles. The highest BCUT2D eigenvalue weighted by molar-refractivity contribution is 7.98. The second-order valence-electron chi connectivity index (χ2n) is 3.72. The molecule has 0 radical (unpaired) electrons. The van der Waals surface area contributed by atoms with Crippen molar-refractivity contribution in [3.63, 3.8) is 0 Å². The van der Waals surface area contributed by atoms with Gasteiger partial charge in [-0.05, 0) is 24.0 Å². The highest BCUT2D eigenvalue weighted by atomic mass is 35.5. The van der Waals surface area contributed by atoms with E-state index in [2.05, 4.69) is 43.6 Å². The largest absolute Gasteiger partial charge is 0.496 e. The Bertz CT molecular complexity index is 318. The molecule has 4 heteroatoms. The van der Waals surface area contributed by atoms with E-state index in [1.165, 1.54) is 10.5 Å². The second kappa shape index (κ2) is 7.82. The molecule has 0 saturated carbocycles. The van der Waals surface area contributed by atoms with Crippen LogP contribution in [-0.4, -0.2) is 19.4 Å². The lowest BCUT2D eigenvalue weighted by atomic mass is 10.2. The fourth-order valence-corrected chi connectivity index (χ4v) is 1.86. The Balaban J connectivity index is 0.00000225. The average molecular weight is 262 g/mol. The van der Waals surface area contributed by atoms with Crippen LogP contribution in [0.2, 0.25) is 0 Å². The Morgan fingerprint density at radius 2 is 2.06 bits per heavy atom. The first kappa shape index (κ1) is 15.6. The summed E-state index contributed by atoms with van der Waals surface area (Å²) in [6.45, 7) is 5.18. The van der Waals surface area contributed by atoms with Gasteiger partial charge in [-0.1, -0.05) is 19.9 Å². The van der Waals surface area contributed by atoms with E-state index < -0.39 is 0 Å². The van der Waals surface area contributed by atoms with Crippen molar-refractivity contribution in [3.05, 3.63) is 23.8 Å². The number of hydrogen-bond donors (Lipinski definition) is 1. The summed E-state index contributed by atoms with van der Waals surface area (Å²) >= 11 is 1.71. The van der Waals surface area contributed by atoms with Crippen molar-refractivity contribution in [1.29, 1.82) is 0 Å². The van der Waals surface area contributed by atoms with Crippen molar-refractivity contribution >= 4 is 24.2 Å². The summed E-state index contributed by atoms with van der Waals surface area (Å²) in [6.07, 6.45) is 2.06. The third kappa shape index (κ3) is 4.64. The van der Waals surface area contributed by atoms with Crippen molar-refractivity contribution in [1.82, 2.24) is 5.32 Å². The van der Waals surface area contributed by atoms with Crippen LogP contribution in [0.15, 0.2) is 23.1 Å². The van der Waals surface area contributed by atoms with Crippen molar-refractivity contribution in [3.8, 4) is 5.75 Å². The van der Waals surface area contributed by atoms with Crippen molar-refractivity contribution in [2.45, 2.75) is 31.3 Å². The molecule has 0 bridgehead atoms. The molecule has 1 rings (SSSR count). The zero-order chi connectivity index (χ0) is 11.3. The lowest BCUT2D eigenvalue weighted by molar-refractivity contribution is 0.404. The number of thioether (sulfide) groups is 1. The molecule has 0 unspecified atom stereocenters. The number of benzene rings is 1. The topological polar surface area (TPSA) is 21.3 Å². The van der Waals surface area contributed by atoms with E-state index in [4.69, 9.17) is 4.74 Å². The van der Waals surface area contributed by atoms with Gasteiger partial charge in [0.25, 0.3) is 0 Å². The molecule has 0 fully saturated rings. The lowest BCUT2D eigenvalue weighted by Gasteiger charge is -2.11. The number of ether oxygens (including phenoxy) is 1. The number of methoxy groups -OCH3 is 1. The molecular weight excluding hydrogens is 242 g/mol. The van der Waals surface area contributed by atoms with E-state index in [-0.39, 0.29) is 12.4 Å². The van der Waals surface area contributed by atoms with E-state index in [1.54, 1.807) is 18.9 Å². The molecule has 16 heavy (non-hydrogen) atoms. The first-order valence-corrected chi connectivity index (χ1v) is 6.34. The predicted molar refractivity (Wildman–Crippen MR) is 74.0 cm³/mol. The molecule has 0 aromatic heterocycles. The number of rotatable bonds is 5. The Kier molecular flexibility index (Phi) is 7.64. The number of halogens is 1. The Labute approximate surface area is 109 Å². The molecule has 0 spiro atoms. The maximum absolute atomic E-state index is 5.34. The molecule has 0 aliphatic carbocycles. The fraction of sp³-hybridized carbons (Fsp3) is 0.500. The summed E-state index contributed by atoms with van der Waals surface area (Å²) in [5.74, 6) is 0.963. The van der Waals surface area contributed by atoms with Gasteiger partial charge >= 0.3 is 0 Å². The van der Waals surface area contributed by atoms with Gasteiger partial charge < -0.3 is 10.1 Å². The van der Waals surface area contributed by atoms with Crippen molar-refractivity contribution in [2.75, 3.05) is 13.4 Å². The van der Waals surface area contributed by atoms with E-state index in [9.17, 15) is 0 Å². The first-order chi connectivity index (χ1) is 7.17. The van der Waals surface area contributed by atoms with Crippen molar-refractivity contribution < 1.29 is 4.74 Å². The lowest BCUT2D eigenvalue weighted by Crippen LogP contribution is -2.21. The Morgan fingerprint density at radius 3 is 2.56 bits per heavy atom. The molecule has 1 N–H and O–H groups in total. The van der Waals surface area contributed by atoms with Crippen LogP contribution in [0.25, 0.3) is 0 Å². The summed E-state index contributed by atoms with van der Waals surface area (Å²) < 4.78 is 5.34. The van der Waals surface area contributed by atoms with Crippen LogP contribution in [0.4, 0.5) is 0 Å². The first-order valence-electron chi connectivity index (χ1n) is 5.11. The van der Waals surface area contributed by atoms with Gasteiger partial charge in [0, 0.05) is 17.5 Å². The van der Waals surface area contributed by atoms with Crippen LogP contribution in [0.5, 0.6) is 5.75 Å². The molecule has 0 amide bonds. The van der Waals surface area contributed by atoms with Gasteiger partial charge in [0.2, 0.25) is 0 Å². The van der Waals surface area contributed by atoms with Crippen LogP contribution in [0.3, 0.4) is 0 Å². The zero-order valence-electron chi connectivity index (χ0n) is 10.2. The molecule has 0 saturated heterocycles. The minimum absolute atomic E-state index is 0. The van der Waals surface area contributed by atoms with E-state index in [0.29, 0.717) is 6.04 Å². The average Bonchev–Trinajstić information content (AvgIpc) is 2.25. The monoisotopic (exact) mass is 261 g/mol. The highest BCUT2D eigenvalue weighted by Gasteiger charge is 2.03. The van der Waals surface area contributed by atoms with Gasteiger partial charge in [0.15, 0.2) is 0 Å². The summed E-state index contributed by atoms with van der Waals surface area (Å²) in [6, 6.07) is 6.86. The fourth-order valence-electron chi connectivity index (χ4n) is 1.31. The third-order valence-corrected chi connectivity index (χ3v) is 2.94. The van der Waals surface area contributed by atoms with Crippen LogP contribution in [0, 0.1) is 0 Å². The summed E-state index contributed by atoms with van der Waals surface area (Å²) in [7, 11) is 1.72. The van der Waals surface area contributed by atoms with E-state index >= 15 is 0 Å². The SMILES string of the molecule is COc1cc(CNC(C)C)ccc1SC.Cl. The summed E-state index contributed by atoms with van der Waals surface area (Å²) in [5.41, 5.74) is 1.26. The molecule has 92 valence electrons. The standard InChI is InChI=1S/C12H19NOS.ClH/c1-9(2)13-8-10-5-6-12(15-4)11(7-10)14-3;/h5-7,9,13H,8H2,1-4H3;1H. The minimum Gasteiger partial charge on any atom is -0.496 e. The minimum atomic E-state index is 0. The molecule has 0 aliphatic rings. The van der Waals surface area contributed by atoms with E-state index in [0.717, 1.165) is 12.3 Å². The Morgan fingerprint density at radius 1 is 1.38 bits per heavy atom. The van der Waals surface area contributed by atoms with Gasteiger partial charge in [-0.25, -0.2) is 0 Å². The Hall–Kier alpha value is -0.380. The second-order valence-corrected chi connectivity index (χ2v) is 4.57. The summed E-state index contributed by atoms with van der Waals surface area (Å²) in [4.78, 5) is 1.19. The third-order valence-electron chi connectivity index (χ3n) is 2.16. The highest BCUT2D eigenvalue weighted by Crippen LogP contribution is 2.28. The molecule has 0 heterocycles. The van der Waals surface area contributed by atoms with Crippen LogP contribution in [-0.2, 0) is 6.54 Å². The maximum Gasteiger partial charge on any atom is 0.132 e. The van der Waals surface area contributed by atoms with Gasteiger partial charge in [0.05, 0.1) is 7.11 Å². The van der Waals surface area contributed by atoms with Gasteiger partial charge in [-0.15, -0.1) is 24.2 Å². The quantitative estimate of drug-likeness (QED) is 0.822. The molecule has 0 aliphatic heterocycles. The zero-order valence-corrected chi connectivity index (χ0v) is 11.9. The molecule has 1 aromatic rings. The van der Waals surface area contributed by atoms with Gasteiger partial charge in [-0.3, -0.25) is 0 Å².